The van der Waals surface area contributed by atoms with Crippen molar-refractivity contribution in [2.45, 2.75) is 6.10 Å². The molecular weight excluding hydrogens is 309 g/mol. The van der Waals surface area contributed by atoms with Gasteiger partial charge in [0.25, 0.3) is 0 Å². The Balaban J connectivity index is 2.49. The molecule has 0 amide bonds. The monoisotopic (exact) mass is 317 g/mol. The number of nitrogens with zero attached hydrogens (tertiary/aromatic N) is 1. The maximum atomic E-state index is 10.4. The highest BCUT2D eigenvalue weighted by Gasteiger charge is 2.20. The molecule has 0 bridgehead atoms. The number of aliphatic hydroxyl groups is 1. The number of hydrogen-bond donors (Lipinski definition) is 1. The van der Waals surface area contributed by atoms with Crippen molar-refractivity contribution in [3.63, 3.8) is 0 Å². The lowest BCUT2D eigenvalue weighted by Gasteiger charge is -2.15. The quantitative estimate of drug-likeness (QED) is 0.925. The van der Waals surface area contributed by atoms with E-state index in [2.05, 4.69) is 4.98 Å². The molecule has 0 fully saturated rings. The van der Waals surface area contributed by atoms with E-state index in [1.165, 1.54) is 19.4 Å². The van der Waals surface area contributed by atoms with Crippen LogP contribution in [0.1, 0.15) is 17.4 Å². The molecule has 0 aliphatic heterocycles. The Morgan fingerprint density at radius 1 is 1.16 bits per heavy atom. The molecule has 6 heteroatoms. The van der Waals surface area contributed by atoms with Crippen molar-refractivity contribution in [3.8, 4) is 5.75 Å². The highest BCUT2D eigenvalue weighted by molar-refractivity contribution is 6.34. The van der Waals surface area contributed by atoms with E-state index >= 15 is 0 Å². The average Bonchev–Trinajstić information content (AvgIpc) is 2.38. The van der Waals surface area contributed by atoms with Gasteiger partial charge >= 0.3 is 0 Å². The zero-order valence-electron chi connectivity index (χ0n) is 9.90. The molecule has 100 valence electrons. The van der Waals surface area contributed by atoms with Crippen molar-refractivity contribution in [1.29, 1.82) is 0 Å². The molecule has 0 aliphatic carbocycles. The minimum Gasteiger partial charge on any atom is -0.496 e. The first-order valence-electron chi connectivity index (χ1n) is 5.35. The van der Waals surface area contributed by atoms with Crippen LogP contribution < -0.4 is 4.74 Å². The highest BCUT2D eigenvalue weighted by Crippen LogP contribution is 2.34. The van der Waals surface area contributed by atoms with Crippen LogP contribution in [0.3, 0.4) is 0 Å². The molecule has 0 saturated heterocycles. The van der Waals surface area contributed by atoms with Crippen molar-refractivity contribution in [2.75, 3.05) is 7.11 Å². The number of aromatic nitrogens is 1. The summed E-state index contributed by atoms with van der Waals surface area (Å²) in [5.74, 6) is 0.504. The van der Waals surface area contributed by atoms with Gasteiger partial charge in [0.2, 0.25) is 0 Å². The molecule has 3 nitrogen and oxygen atoms in total. The Kier molecular flexibility index (Phi) is 4.53. The van der Waals surface area contributed by atoms with Crippen molar-refractivity contribution in [1.82, 2.24) is 4.98 Å². The number of aliphatic hydroxyl groups excluding tert-OH is 1. The van der Waals surface area contributed by atoms with Crippen LogP contribution in [0.2, 0.25) is 15.1 Å². The van der Waals surface area contributed by atoms with Gasteiger partial charge in [-0.15, -0.1) is 0 Å². The van der Waals surface area contributed by atoms with Crippen LogP contribution in [-0.2, 0) is 0 Å². The average molecular weight is 319 g/mol. The number of rotatable bonds is 3. The molecule has 1 aromatic heterocycles. The summed E-state index contributed by atoms with van der Waals surface area (Å²) >= 11 is 17.7. The van der Waals surface area contributed by atoms with Gasteiger partial charge in [-0.2, -0.15) is 0 Å². The number of benzene rings is 1. The minimum atomic E-state index is -1.04. The van der Waals surface area contributed by atoms with Gasteiger partial charge < -0.3 is 9.84 Å². The fourth-order valence-corrected chi connectivity index (χ4v) is 2.36. The summed E-state index contributed by atoms with van der Waals surface area (Å²) in [6.45, 7) is 0. The molecular formula is C13H10Cl3NO2. The highest BCUT2D eigenvalue weighted by atomic mass is 35.5. The lowest BCUT2D eigenvalue weighted by molar-refractivity contribution is 0.210. The second kappa shape index (κ2) is 5.97. The van der Waals surface area contributed by atoms with Crippen molar-refractivity contribution >= 4 is 34.8 Å². The van der Waals surface area contributed by atoms with Gasteiger partial charge in [-0.3, -0.25) is 4.98 Å². The lowest BCUT2D eigenvalue weighted by Crippen LogP contribution is -2.05. The molecule has 2 aromatic rings. The summed E-state index contributed by atoms with van der Waals surface area (Å²) in [6, 6.07) is 6.47. The third-order valence-corrected chi connectivity index (χ3v) is 3.33. The van der Waals surface area contributed by atoms with Crippen LogP contribution in [0, 0.1) is 0 Å². The molecule has 1 atom stereocenters. The predicted molar refractivity (Wildman–Crippen MR) is 76.3 cm³/mol. The van der Waals surface area contributed by atoms with Crippen LogP contribution in [0.15, 0.2) is 30.5 Å². The summed E-state index contributed by atoms with van der Waals surface area (Å²) in [5, 5.41) is 11.5. The number of pyridine rings is 1. The Bertz CT molecular complexity index is 604. The van der Waals surface area contributed by atoms with E-state index in [1.54, 1.807) is 18.2 Å². The Morgan fingerprint density at radius 3 is 2.53 bits per heavy atom. The fraction of sp³-hybridized carbons (Fsp3) is 0.154. The second-order valence-electron chi connectivity index (χ2n) is 3.81. The Morgan fingerprint density at radius 2 is 1.89 bits per heavy atom. The van der Waals surface area contributed by atoms with Gasteiger partial charge in [-0.1, -0.05) is 34.8 Å². The second-order valence-corrected chi connectivity index (χ2v) is 5.09. The van der Waals surface area contributed by atoms with Crippen LogP contribution in [0.4, 0.5) is 0 Å². The summed E-state index contributed by atoms with van der Waals surface area (Å²) in [5.41, 5.74) is 0.790. The lowest BCUT2D eigenvalue weighted by atomic mass is 10.0. The molecule has 0 aliphatic rings. The maximum Gasteiger partial charge on any atom is 0.126 e. The van der Waals surface area contributed by atoms with Gasteiger partial charge in [0.1, 0.15) is 11.9 Å². The molecule has 0 radical (unpaired) electrons. The molecule has 0 saturated carbocycles. The smallest absolute Gasteiger partial charge is 0.126 e. The van der Waals surface area contributed by atoms with E-state index < -0.39 is 6.10 Å². The van der Waals surface area contributed by atoms with Crippen LogP contribution in [0.5, 0.6) is 5.75 Å². The van der Waals surface area contributed by atoms with E-state index in [0.717, 1.165) is 0 Å². The van der Waals surface area contributed by atoms with Gasteiger partial charge in [-0.05, 0) is 24.3 Å². The first-order chi connectivity index (χ1) is 9.02. The predicted octanol–water partition coefficient (Wildman–Crippen LogP) is 4.13. The van der Waals surface area contributed by atoms with Crippen molar-refractivity contribution < 1.29 is 9.84 Å². The van der Waals surface area contributed by atoms with E-state index in [1.807, 2.05) is 0 Å². The number of ether oxygens (including phenoxy) is 1. The first kappa shape index (κ1) is 14.4. The Labute approximate surface area is 125 Å². The zero-order chi connectivity index (χ0) is 14.0. The first-order valence-corrected chi connectivity index (χ1v) is 6.48. The molecule has 2 rings (SSSR count). The normalized spacial score (nSPS) is 12.3. The standard InChI is InChI=1S/C13H10Cl3NO2/c1-19-11-3-2-7(14)4-9(11)13(18)12-10(16)5-8(15)6-17-12/h2-6,13,18H,1H3. The number of methoxy groups -OCH3 is 1. The third kappa shape index (κ3) is 3.12. The zero-order valence-corrected chi connectivity index (χ0v) is 12.2. The van der Waals surface area contributed by atoms with Crippen molar-refractivity contribution in [3.05, 3.63) is 56.8 Å². The largest absolute Gasteiger partial charge is 0.496 e. The van der Waals surface area contributed by atoms with Gasteiger partial charge in [0.15, 0.2) is 0 Å². The summed E-state index contributed by atoms with van der Waals surface area (Å²) in [6.07, 6.45) is 0.377. The molecule has 0 spiro atoms. The summed E-state index contributed by atoms with van der Waals surface area (Å²) < 4.78 is 5.19. The van der Waals surface area contributed by atoms with Crippen molar-refractivity contribution in [2.24, 2.45) is 0 Å². The summed E-state index contributed by atoms with van der Waals surface area (Å²) in [4.78, 5) is 4.05. The van der Waals surface area contributed by atoms with Gasteiger partial charge in [0.05, 0.1) is 22.8 Å². The van der Waals surface area contributed by atoms with Crippen LogP contribution in [-0.4, -0.2) is 17.2 Å². The van der Waals surface area contributed by atoms with E-state index in [-0.39, 0.29) is 5.02 Å². The van der Waals surface area contributed by atoms with E-state index in [4.69, 9.17) is 39.5 Å². The van der Waals surface area contributed by atoms with E-state index in [9.17, 15) is 5.11 Å². The molecule has 1 unspecified atom stereocenters. The molecule has 19 heavy (non-hydrogen) atoms. The molecule has 1 N–H and O–H groups in total. The molecule has 1 heterocycles. The fourth-order valence-electron chi connectivity index (χ4n) is 1.69. The van der Waals surface area contributed by atoms with Gasteiger partial charge in [-0.25, -0.2) is 0 Å². The van der Waals surface area contributed by atoms with Crippen LogP contribution >= 0.6 is 34.8 Å². The topological polar surface area (TPSA) is 42.4 Å². The third-order valence-electron chi connectivity index (χ3n) is 2.58. The minimum absolute atomic E-state index is 0.280. The molecule has 1 aromatic carbocycles. The number of halogens is 3. The Hall–Kier alpha value is -1.000. The SMILES string of the molecule is COc1ccc(Cl)cc1C(O)c1ncc(Cl)cc1Cl. The summed E-state index contributed by atoms with van der Waals surface area (Å²) in [7, 11) is 1.51. The number of hydrogen-bond acceptors (Lipinski definition) is 3. The maximum absolute atomic E-state index is 10.4. The van der Waals surface area contributed by atoms with E-state index in [0.29, 0.717) is 27.1 Å². The van der Waals surface area contributed by atoms with Crippen LogP contribution in [0.25, 0.3) is 0 Å². The van der Waals surface area contributed by atoms with Gasteiger partial charge in [0, 0.05) is 16.8 Å².